The van der Waals surface area contributed by atoms with E-state index in [1.54, 1.807) is 4.72 Å². The lowest BCUT2D eigenvalue weighted by Crippen LogP contribution is -2.62. The molecule has 0 unspecified atom stereocenters. The third-order valence-electron chi connectivity index (χ3n) is 3.24. The maximum absolute atomic E-state index is 12.9. The SMILES string of the molecule is Cn1cc(Cl)c(S(=O)(=O)NC2(C(F)(F)F)CCC2)c1. The average molecular weight is 317 g/mol. The average Bonchev–Trinajstić information content (AvgIpc) is 2.50. The minimum Gasteiger partial charge on any atom is -0.354 e. The topological polar surface area (TPSA) is 51.1 Å². The van der Waals surface area contributed by atoms with Gasteiger partial charge in [-0.05, 0) is 19.3 Å². The molecular weight excluding hydrogens is 305 g/mol. The largest absolute Gasteiger partial charge is 0.407 e. The highest BCUT2D eigenvalue weighted by molar-refractivity contribution is 7.89. The second-order valence-electron chi connectivity index (χ2n) is 4.67. The number of hydrogen-bond acceptors (Lipinski definition) is 2. The Hall–Kier alpha value is -0.730. The van der Waals surface area contributed by atoms with Crippen molar-refractivity contribution in [2.24, 2.45) is 7.05 Å². The summed E-state index contributed by atoms with van der Waals surface area (Å²) in [5.41, 5.74) is -2.36. The molecule has 0 aromatic carbocycles. The van der Waals surface area contributed by atoms with Gasteiger partial charge >= 0.3 is 6.18 Å². The molecule has 0 aliphatic heterocycles. The van der Waals surface area contributed by atoms with Crippen LogP contribution in [0.5, 0.6) is 0 Å². The Balaban J connectivity index is 2.34. The molecule has 1 fully saturated rings. The number of sulfonamides is 1. The fourth-order valence-electron chi connectivity index (χ4n) is 2.01. The minimum absolute atomic E-state index is 0.105. The van der Waals surface area contributed by atoms with E-state index in [2.05, 4.69) is 0 Å². The lowest BCUT2D eigenvalue weighted by atomic mass is 9.77. The first-order valence-corrected chi connectivity index (χ1v) is 7.36. The number of aromatic nitrogens is 1. The summed E-state index contributed by atoms with van der Waals surface area (Å²) in [6, 6.07) is 0. The number of alkyl halides is 3. The number of nitrogens with zero attached hydrogens (tertiary/aromatic N) is 1. The first-order valence-electron chi connectivity index (χ1n) is 5.50. The molecular formula is C10H12ClF3N2O2S. The van der Waals surface area contributed by atoms with Crippen LogP contribution >= 0.6 is 11.6 Å². The third-order valence-corrected chi connectivity index (χ3v) is 5.22. The van der Waals surface area contributed by atoms with Gasteiger partial charge in [0.15, 0.2) is 0 Å². The zero-order valence-electron chi connectivity index (χ0n) is 9.96. The molecule has 0 radical (unpaired) electrons. The van der Waals surface area contributed by atoms with Crippen molar-refractivity contribution < 1.29 is 21.6 Å². The molecule has 1 aromatic heterocycles. The van der Waals surface area contributed by atoms with Crippen molar-refractivity contribution in [2.45, 2.75) is 35.9 Å². The van der Waals surface area contributed by atoms with Gasteiger partial charge in [-0.1, -0.05) is 11.6 Å². The summed E-state index contributed by atoms with van der Waals surface area (Å²) in [5, 5.41) is -0.105. The van der Waals surface area contributed by atoms with Crippen LogP contribution in [0, 0.1) is 0 Å². The zero-order chi connectivity index (χ0) is 14.5. The molecule has 0 amide bonds. The van der Waals surface area contributed by atoms with Crippen molar-refractivity contribution in [3.8, 4) is 0 Å². The van der Waals surface area contributed by atoms with Gasteiger partial charge in [-0.2, -0.15) is 17.9 Å². The molecule has 108 valence electrons. The number of aryl methyl sites for hydroxylation is 1. The van der Waals surface area contributed by atoms with Crippen LogP contribution in [0.25, 0.3) is 0 Å². The van der Waals surface area contributed by atoms with Crippen LogP contribution < -0.4 is 4.72 Å². The van der Waals surface area contributed by atoms with E-state index < -0.39 is 21.7 Å². The van der Waals surface area contributed by atoms with E-state index in [4.69, 9.17) is 11.6 Å². The Bertz CT molecular complexity index is 590. The second-order valence-corrected chi connectivity index (χ2v) is 6.73. The molecule has 4 nitrogen and oxygen atoms in total. The van der Waals surface area contributed by atoms with Gasteiger partial charge in [0.2, 0.25) is 10.0 Å². The van der Waals surface area contributed by atoms with Gasteiger partial charge in [0.25, 0.3) is 0 Å². The first-order chi connectivity index (χ1) is 8.57. The van der Waals surface area contributed by atoms with E-state index in [0.29, 0.717) is 6.42 Å². The Morgan fingerprint density at radius 1 is 1.37 bits per heavy atom. The van der Waals surface area contributed by atoms with Crippen molar-refractivity contribution in [2.75, 3.05) is 0 Å². The van der Waals surface area contributed by atoms with Crippen LogP contribution in [0.3, 0.4) is 0 Å². The highest BCUT2D eigenvalue weighted by Gasteiger charge is 2.60. The fourth-order valence-corrected chi connectivity index (χ4v) is 4.08. The van der Waals surface area contributed by atoms with Gasteiger partial charge in [-0.15, -0.1) is 0 Å². The summed E-state index contributed by atoms with van der Waals surface area (Å²) in [7, 11) is -2.76. The van der Waals surface area contributed by atoms with E-state index in [1.165, 1.54) is 24.0 Å². The van der Waals surface area contributed by atoms with Gasteiger partial charge in [-0.25, -0.2) is 8.42 Å². The lowest BCUT2D eigenvalue weighted by molar-refractivity contribution is -0.212. The highest BCUT2D eigenvalue weighted by Crippen LogP contribution is 2.46. The Morgan fingerprint density at radius 2 is 1.95 bits per heavy atom. The van der Waals surface area contributed by atoms with Gasteiger partial charge in [0.05, 0.1) is 5.02 Å². The van der Waals surface area contributed by atoms with E-state index in [0.717, 1.165) is 0 Å². The van der Waals surface area contributed by atoms with Crippen molar-refractivity contribution in [1.82, 2.24) is 9.29 Å². The summed E-state index contributed by atoms with van der Waals surface area (Å²) >= 11 is 5.71. The van der Waals surface area contributed by atoms with E-state index in [-0.39, 0.29) is 22.8 Å². The van der Waals surface area contributed by atoms with Gasteiger partial charge in [0, 0.05) is 19.4 Å². The predicted octanol–water partition coefficient (Wildman–Crippen LogP) is 2.44. The Labute approximate surface area is 113 Å². The Morgan fingerprint density at radius 3 is 2.26 bits per heavy atom. The van der Waals surface area contributed by atoms with Crippen LogP contribution in [0.15, 0.2) is 17.3 Å². The van der Waals surface area contributed by atoms with Crippen molar-refractivity contribution in [3.63, 3.8) is 0 Å². The van der Waals surface area contributed by atoms with Gasteiger partial charge in [0.1, 0.15) is 10.4 Å². The fraction of sp³-hybridized carbons (Fsp3) is 0.600. The van der Waals surface area contributed by atoms with Crippen LogP contribution in [-0.2, 0) is 17.1 Å². The van der Waals surface area contributed by atoms with E-state index in [1.807, 2.05) is 0 Å². The molecule has 9 heteroatoms. The molecule has 0 atom stereocenters. The lowest BCUT2D eigenvalue weighted by Gasteiger charge is -2.43. The van der Waals surface area contributed by atoms with Crippen molar-refractivity contribution >= 4 is 21.6 Å². The zero-order valence-corrected chi connectivity index (χ0v) is 11.5. The van der Waals surface area contributed by atoms with E-state index in [9.17, 15) is 21.6 Å². The monoisotopic (exact) mass is 316 g/mol. The molecule has 0 saturated heterocycles. The molecule has 1 aromatic rings. The molecule has 1 aliphatic rings. The molecule has 1 saturated carbocycles. The number of hydrogen-bond donors (Lipinski definition) is 1. The number of halogens is 4. The summed E-state index contributed by atoms with van der Waals surface area (Å²) < 4.78 is 66.0. The maximum Gasteiger partial charge on any atom is 0.407 e. The van der Waals surface area contributed by atoms with Crippen molar-refractivity contribution in [1.29, 1.82) is 0 Å². The van der Waals surface area contributed by atoms with E-state index >= 15 is 0 Å². The summed E-state index contributed by atoms with van der Waals surface area (Å²) in [4.78, 5) is -0.341. The molecule has 0 bridgehead atoms. The number of rotatable bonds is 3. The molecule has 2 rings (SSSR count). The molecule has 0 spiro atoms. The summed E-state index contributed by atoms with van der Waals surface area (Å²) in [6.45, 7) is 0. The van der Waals surface area contributed by atoms with Crippen LogP contribution in [0.1, 0.15) is 19.3 Å². The molecule has 1 aliphatic carbocycles. The summed E-state index contributed by atoms with van der Waals surface area (Å²) in [6.07, 6.45) is -2.28. The minimum atomic E-state index is -4.61. The first kappa shape index (κ1) is 14.7. The molecule has 19 heavy (non-hydrogen) atoms. The highest BCUT2D eigenvalue weighted by atomic mass is 35.5. The smallest absolute Gasteiger partial charge is 0.354 e. The van der Waals surface area contributed by atoms with Crippen LogP contribution in [-0.4, -0.2) is 24.7 Å². The Kier molecular flexibility index (Phi) is 3.39. The van der Waals surface area contributed by atoms with Crippen LogP contribution in [0.4, 0.5) is 13.2 Å². The van der Waals surface area contributed by atoms with Crippen LogP contribution in [0.2, 0.25) is 5.02 Å². The normalized spacial score (nSPS) is 19.2. The quantitative estimate of drug-likeness (QED) is 0.931. The molecule has 1 N–H and O–H groups in total. The second kappa shape index (κ2) is 4.39. The molecule has 1 heterocycles. The van der Waals surface area contributed by atoms with Gasteiger partial charge < -0.3 is 4.57 Å². The third kappa shape index (κ3) is 2.48. The maximum atomic E-state index is 12.9. The van der Waals surface area contributed by atoms with Gasteiger partial charge in [-0.3, -0.25) is 0 Å². The van der Waals surface area contributed by atoms with Crippen molar-refractivity contribution in [3.05, 3.63) is 17.4 Å². The summed E-state index contributed by atoms with van der Waals surface area (Å²) in [5.74, 6) is 0. The predicted molar refractivity (Wildman–Crippen MR) is 63.4 cm³/mol. The number of nitrogens with one attached hydrogen (secondary N) is 1. The standard InChI is InChI=1S/C10H12ClF3N2O2S/c1-16-5-7(11)8(6-16)19(17,18)15-9(3-2-4-9)10(12,13)14/h5-6,15H,2-4H2,1H3.